The Kier molecular flexibility index (Phi) is 3.02. The molecule has 1 nitrogen and oxygen atoms in total. The molecule has 0 aromatic heterocycles. The third-order valence-corrected chi connectivity index (χ3v) is 7.27. The summed E-state index contributed by atoms with van der Waals surface area (Å²) in [6, 6.07) is 0. The van der Waals surface area contributed by atoms with Crippen LogP contribution >= 0.6 is 0 Å². The maximum Gasteiger partial charge on any atom is 0.0524 e. The molecule has 19 heavy (non-hydrogen) atoms. The van der Waals surface area contributed by atoms with Crippen LogP contribution in [0.1, 0.15) is 57.8 Å². The van der Waals surface area contributed by atoms with Gasteiger partial charge in [-0.15, -0.1) is 0 Å². The summed E-state index contributed by atoms with van der Waals surface area (Å²) in [6.45, 7) is 0.394. The number of allylic oxidation sites excluding steroid dienone is 1. The van der Waals surface area contributed by atoms with Gasteiger partial charge in [-0.2, -0.15) is 0 Å². The minimum atomic E-state index is 0.183. The molecule has 0 aromatic carbocycles. The van der Waals surface area contributed by atoms with E-state index in [1.54, 1.807) is 0 Å². The molecule has 1 heteroatoms. The molecule has 0 saturated heterocycles. The van der Waals surface area contributed by atoms with E-state index >= 15 is 0 Å². The summed E-state index contributed by atoms with van der Waals surface area (Å²) in [4.78, 5) is 0. The topological polar surface area (TPSA) is 20.2 Å². The van der Waals surface area contributed by atoms with Gasteiger partial charge in [0.15, 0.2) is 0 Å². The first kappa shape index (κ1) is 12.4. The van der Waals surface area contributed by atoms with E-state index in [9.17, 15) is 5.11 Å². The van der Waals surface area contributed by atoms with Crippen molar-refractivity contribution in [1.82, 2.24) is 0 Å². The summed E-state index contributed by atoms with van der Waals surface area (Å²) in [5.74, 6) is 4.81. The van der Waals surface area contributed by atoms with Crippen LogP contribution in [0.2, 0.25) is 0 Å². The van der Waals surface area contributed by atoms with E-state index < -0.39 is 0 Å². The van der Waals surface area contributed by atoms with Crippen molar-refractivity contribution in [3.05, 3.63) is 12.2 Å². The molecule has 4 rings (SSSR count). The standard InChI is InChI=1S/C18H28O/c19-12-18-10-3-6-17(18)16-8-7-13-4-1-2-5-14(13)15(16)9-11-18/h3,10,13-17,19H,1-2,4-9,11-12H2/t13?,14-,15+,16+,17-,18-/m0/s1. The lowest BCUT2D eigenvalue weighted by Crippen LogP contribution is -2.48. The highest BCUT2D eigenvalue weighted by Gasteiger charge is 2.53. The summed E-state index contributed by atoms with van der Waals surface area (Å²) in [5, 5.41) is 9.92. The van der Waals surface area contributed by atoms with Crippen LogP contribution in [0.25, 0.3) is 0 Å². The summed E-state index contributed by atoms with van der Waals surface area (Å²) < 4.78 is 0. The highest BCUT2D eigenvalue weighted by atomic mass is 16.3. The Hall–Kier alpha value is -0.300. The normalized spacial score (nSPS) is 52.4. The lowest BCUT2D eigenvalue weighted by atomic mass is 9.50. The molecule has 6 atom stereocenters. The summed E-state index contributed by atoms with van der Waals surface area (Å²) in [7, 11) is 0. The molecule has 0 spiro atoms. The van der Waals surface area contributed by atoms with Gasteiger partial charge in [0.2, 0.25) is 0 Å². The van der Waals surface area contributed by atoms with Crippen molar-refractivity contribution in [1.29, 1.82) is 0 Å². The zero-order valence-corrected chi connectivity index (χ0v) is 12.1. The van der Waals surface area contributed by atoms with E-state index in [-0.39, 0.29) is 5.41 Å². The van der Waals surface area contributed by atoms with Gasteiger partial charge >= 0.3 is 0 Å². The molecule has 0 heterocycles. The average molecular weight is 260 g/mol. The summed E-state index contributed by atoms with van der Waals surface area (Å²) >= 11 is 0. The van der Waals surface area contributed by atoms with Gasteiger partial charge in [-0.25, -0.2) is 0 Å². The predicted octanol–water partition coefficient (Wildman–Crippen LogP) is 4.17. The molecule has 1 unspecified atom stereocenters. The Labute approximate surface area is 117 Å². The molecule has 106 valence electrons. The zero-order valence-electron chi connectivity index (χ0n) is 12.1. The van der Waals surface area contributed by atoms with Crippen molar-refractivity contribution < 1.29 is 5.11 Å². The Bertz CT molecular complexity index is 374. The second kappa shape index (κ2) is 4.62. The third-order valence-electron chi connectivity index (χ3n) is 7.27. The minimum absolute atomic E-state index is 0.183. The van der Waals surface area contributed by atoms with Crippen molar-refractivity contribution in [2.75, 3.05) is 6.61 Å². The number of aliphatic hydroxyl groups excluding tert-OH is 1. The van der Waals surface area contributed by atoms with Gasteiger partial charge in [0.05, 0.1) is 6.61 Å². The van der Waals surface area contributed by atoms with Crippen LogP contribution in [0.4, 0.5) is 0 Å². The minimum Gasteiger partial charge on any atom is -0.395 e. The molecule has 0 radical (unpaired) electrons. The molecule has 0 bridgehead atoms. The lowest BCUT2D eigenvalue weighted by molar-refractivity contribution is -0.0615. The van der Waals surface area contributed by atoms with Gasteiger partial charge in [-0.05, 0) is 68.1 Å². The monoisotopic (exact) mass is 260 g/mol. The van der Waals surface area contributed by atoms with Crippen LogP contribution in [0.15, 0.2) is 12.2 Å². The van der Waals surface area contributed by atoms with Crippen LogP contribution < -0.4 is 0 Å². The van der Waals surface area contributed by atoms with E-state index in [1.165, 1.54) is 57.8 Å². The fraction of sp³-hybridized carbons (Fsp3) is 0.889. The molecular weight excluding hydrogens is 232 g/mol. The molecule has 4 aliphatic rings. The SMILES string of the molecule is OC[C@@]12C=CC[C@H]1[C@@H]1CCC3CCCC[C@@H]3[C@H]1CC2. The van der Waals surface area contributed by atoms with Crippen LogP contribution in [0.3, 0.4) is 0 Å². The van der Waals surface area contributed by atoms with E-state index in [2.05, 4.69) is 12.2 Å². The van der Waals surface area contributed by atoms with Crippen molar-refractivity contribution in [2.24, 2.45) is 35.0 Å². The smallest absolute Gasteiger partial charge is 0.0524 e. The Balaban J connectivity index is 1.59. The van der Waals surface area contributed by atoms with Crippen LogP contribution in [0, 0.1) is 35.0 Å². The quantitative estimate of drug-likeness (QED) is 0.702. The number of aliphatic hydroxyl groups is 1. The third kappa shape index (κ3) is 1.77. The number of fused-ring (bicyclic) bond motifs is 5. The molecule has 3 saturated carbocycles. The average Bonchev–Trinajstić information content (AvgIpc) is 2.91. The van der Waals surface area contributed by atoms with Gasteiger partial charge < -0.3 is 5.11 Å². The molecular formula is C18H28O. The molecule has 0 aliphatic heterocycles. The van der Waals surface area contributed by atoms with Crippen molar-refractivity contribution in [3.8, 4) is 0 Å². The lowest BCUT2D eigenvalue weighted by Gasteiger charge is -2.55. The fourth-order valence-corrected chi connectivity index (χ4v) is 6.39. The Morgan fingerprint density at radius 2 is 1.84 bits per heavy atom. The molecule has 0 amide bonds. The molecule has 3 fully saturated rings. The predicted molar refractivity (Wildman–Crippen MR) is 77.7 cm³/mol. The first-order valence-corrected chi connectivity index (χ1v) is 8.63. The van der Waals surface area contributed by atoms with E-state index in [0.29, 0.717) is 6.61 Å². The summed E-state index contributed by atoms with van der Waals surface area (Å²) in [5.41, 5.74) is 0.183. The van der Waals surface area contributed by atoms with E-state index in [0.717, 1.165) is 29.6 Å². The number of hydrogen-bond donors (Lipinski definition) is 1. The van der Waals surface area contributed by atoms with Crippen LogP contribution in [-0.2, 0) is 0 Å². The van der Waals surface area contributed by atoms with Gasteiger partial charge in [-0.3, -0.25) is 0 Å². The van der Waals surface area contributed by atoms with Crippen LogP contribution in [0.5, 0.6) is 0 Å². The van der Waals surface area contributed by atoms with Crippen molar-refractivity contribution >= 4 is 0 Å². The maximum absolute atomic E-state index is 9.92. The van der Waals surface area contributed by atoms with Crippen molar-refractivity contribution in [3.63, 3.8) is 0 Å². The van der Waals surface area contributed by atoms with Crippen molar-refractivity contribution in [2.45, 2.75) is 57.8 Å². The number of hydrogen-bond acceptors (Lipinski definition) is 1. The molecule has 0 aromatic rings. The highest BCUT2D eigenvalue weighted by molar-refractivity contribution is 5.16. The first-order valence-electron chi connectivity index (χ1n) is 8.63. The van der Waals surface area contributed by atoms with E-state index in [1.807, 2.05) is 0 Å². The summed E-state index contributed by atoms with van der Waals surface area (Å²) in [6.07, 6.45) is 17.6. The second-order valence-electron chi connectivity index (χ2n) is 7.79. The van der Waals surface area contributed by atoms with Gasteiger partial charge in [0, 0.05) is 5.41 Å². The molecule has 1 N–H and O–H groups in total. The van der Waals surface area contributed by atoms with Crippen LogP contribution in [-0.4, -0.2) is 11.7 Å². The fourth-order valence-electron chi connectivity index (χ4n) is 6.39. The molecule has 4 aliphatic carbocycles. The first-order chi connectivity index (χ1) is 9.34. The van der Waals surface area contributed by atoms with Gasteiger partial charge in [0.1, 0.15) is 0 Å². The van der Waals surface area contributed by atoms with E-state index in [4.69, 9.17) is 0 Å². The van der Waals surface area contributed by atoms with Gasteiger partial charge in [-0.1, -0.05) is 31.4 Å². The second-order valence-corrected chi connectivity index (χ2v) is 7.79. The Morgan fingerprint density at radius 3 is 2.74 bits per heavy atom. The number of rotatable bonds is 1. The Morgan fingerprint density at radius 1 is 0.947 bits per heavy atom. The maximum atomic E-state index is 9.92. The largest absolute Gasteiger partial charge is 0.395 e. The zero-order chi connectivity index (χ0) is 12.9. The highest BCUT2D eigenvalue weighted by Crippen LogP contribution is 2.60. The van der Waals surface area contributed by atoms with Gasteiger partial charge in [0.25, 0.3) is 0 Å².